The van der Waals surface area contributed by atoms with Crippen molar-refractivity contribution in [2.75, 3.05) is 0 Å². The van der Waals surface area contributed by atoms with Gasteiger partial charge in [-0.3, -0.25) is 4.98 Å². The van der Waals surface area contributed by atoms with Gasteiger partial charge in [-0.1, -0.05) is 50.0 Å². The molecular formula is C23H22N4OS. The van der Waals surface area contributed by atoms with Crippen LogP contribution in [-0.4, -0.2) is 31.3 Å². The summed E-state index contributed by atoms with van der Waals surface area (Å²) in [6.07, 6.45) is 1.77. The van der Waals surface area contributed by atoms with Crippen molar-refractivity contribution in [3.63, 3.8) is 0 Å². The van der Waals surface area contributed by atoms with E-state index < -0.39 is 0 Å². The maximum absolute atomic E-state index is 5.87. The molecule has 0 saturated carbocycles. The van der Waals surface area contributed by atoms with E-state index in [1.54, 1.807) is 6.20 Å². The molecule has 5 nitrogen and oxygen atoms in total. The van der Waals surface area contributed by atoms with Gasteiger partial charge in [0.2, 0.25) is 5.89 Å². The fourth-order valence-electron chi connectivity index (χ4n) is 2.88. The maximum Gasteiger partial charge on any atom is 0.268 e. The molecule has 146 valence electrons. The second-order valence-electron chi connectivity index (χ2n) is 6.97. The van der Waals surface area contributed by atoms with Gasteiger partial charge in [-0.05, 0) is 36.4 Å². The predicted molar refractivity (Wildman–Crippen MR) is 119 cm³/mol. The molecule has 2 heterocycles. The number of rotatable bonds is 5. The Kier molecular flexibility index (Phi) is 5.36. The highest BCUT2D eigenvalue weighted by Crippen LogP contribution is 2.31. The molecule has 2 aromatic heterocycles. The van der Waals surface area contributed by atoms with Crippen molar-refractivity contribution in [3.05, 3.63) is 66.5 Å². The number of hydrogen-bond acceptors (Lipinski definition) is 5. The highest BCUT2D eigenvalue weighted by atomic mass is 32.2. The van der Waals surface area contributed by atoms with Crippen LogP contribution in [-0.2, 0) is 0 Å². The molecule has 0 aliphatic rings. The Balaban J connectivity index is 1.67. The standard InChI is InChI=1S/C23H22N4OS/c1-15(2)29(4)19-12-10-17(11-13-19)20-14-24-16(3)21(25-20)23-27-26-22(28-23)18-8-6-5-7-9-18/h5-15H,4H2,1-3H3. The van der Waals surface area contributed by atoms with E-state index in [1.165, 1.54) is 4.90 Å². The molecule has 0 N–H and O–H groups in total. The second kappa shape index (κ2) is 8.09. The summed E-state index contributed by atoms with van der Waals surface area (Å²) in [6.45, 7) is 6.27. The molecule has 0 aliphatic carbocycles. The lowest BCUT2D eigenvalue weighted by Gasteiger charge is -2.12. The second-order valence-corrected chi connectivity index (χ2v) is 9.24. The zero-order valence-electron chi connectivity index (χ0n) is 16.7. The molecule has 29 heavy (non-hydrogen) atoms. The van der Waals surface area contributed by atoms with Crippen molar-refractivity contribution in [2.45, 2.75) is 30.9 Å². The van der Waals surface area contributed by atoms with Crippen molar-refractivity contribution in [3.8, 4) is 34.3 Å². The predicted octanol–water partition coefficient (Wildman–Crippen LogP) is 5.64. The Morgan fingerprint density at radius 2 is 1.59 bits per heavy atom. The van der Waals surface area contributed by atoms with Gasteiger partial charge in [0.05, 0.1) is 17.6 Å². The number of nitrogens with zero attached hydrogens (tertiary/aromatic N) is 4. The Bertz CT molecular complexity index is 1150. The van der Waals surface area contributed by atoms with Crippen LogP contribution < -0.4 is 0 Å². The van der Waals surface area contributed by atoms with Crippen LogP contribution in [0.2, 0.25) is 0 Å². The summed E-state index contributed by atoms with van der Waals surface area (Å²) < 4.78 is 5.87. The van der Waals surface area contributed by atoms with Crippen LogP contribution in [0.1, 0.15) is 19.5 Å². The van der Waals surface area contributed by atoms with Gasteiger partial charge in [0, 0.05) is 16.0 Å². The fourth-order valence-corrected chi connectivity index (χ4v) is 3.91. The average Bonchev–Trinajstić information content (AvgIpc) is 3.24. The minimum Gasteiger partial charge on any atom is -0.415 e. The first-order valence-electron chi connectivity index (χ1n) is 9.39. The van der Waals surface area contributed by atoms with Gasteiger partial charge in [0.15, 0.2) is 0 Å². The third kappa shape index (κ3) is 4.03. The third-order valence-corrected chi connectivity index (χ3v) is 6.64. The minimum atomic E-state index is -0.0224. The minimum absolute atomic E-state index is 0.0224. The van der Waals surface area contributed by atoms with E-state index in [1.807, 2.05) is 37.3 Å². The Morgan fingerprint density at radius 3 is 2.28 bits per heavy atom. The van der Waals surface area contributed by atoms with Crippen molar-refractivity contribution in [2.24, 2.45) is 0 Å². The fraction of sp³-hybridized carbons (Fsp3) is 0.174. The lowest BCUT2D eigenvalue weighted by Crippen LogP contribution is -1.96. The summed E-state index contributed by atoms with van der Waals surface area (Å²) in [5, 5.41) is 8.87. The number of benzene rings is 2. The monoisotopic (exact) mass is 402 g/mol. The number of hydrogen-bond donors (Lipinski definition) is 0. The van der Waals surface area contributed by atoms with E-state index in [4.69, 9.17) is 9.40 Å². The van der Waals surface area contributed by atoms with E-state index in [0.717, 1.165) is 22.5 Å². The lowest BCUT2D eigenvalue weighted by atomic mass is 10.1. The van der Waals surface area contributed by atoms with E-state index in [9.17, 15) is 0 Å². The van der Waals surface area contributed by atoms with E-state index in [2.05, 4.69) is 59.2 Å². The van der Waals surface area contributed by atoms with Gasteiger partial charge in [-0.25, -0.2) is 4.98 Å². The zero-order valence-corrected chi connectivity index (χ0v) is 17.5. The summed E-state index contributed by atoms with van der Waals surface area (Å²) >= 11 is 0. The van der Waals surface area contributed by atoms with Crippen LogP contribution in [0.4, 0.5) is 0 Å². The molecule has 1 atom stereocenters. The molecular weight excluding hydrogens is 380 g/mol. The molecule has 2 aromatic carbocycles. The number of aryl methyl sites for hydroxylation is 1. The summed E-state index contributed by atoms with van der Waals surface area (Å²) in [5.74, 6) is 5.11. The van der Waals surface area contributed by atoms with E-state index in [0.29, 0.717) is 22.7 Å². The number of aromatic nitrogens is 4. The molecule has 4 rings (SSSR count). The van der Waals surface area contributed by atoms with Crippen molar-refractivity contribution in [1.29, 1.82) is 0 Å². The maximum atomic E-state index is 5.87. The Labute approximate surface area is 172 Å². The highest BCUT2D eigenvalue weighted by molar-refractivity contribution is 8.14. The molecule has 1 unspecified atom stereocenters. The third-order valence-electron chi connectivity index (χ3n) is 4.63. The molecule has 0 aliphatic heterocycles. The van der Waals surface area contributed by atoms with E-state index >= 15 is 0 Å². The Hall–Kier alpha value is -3.12. The van der Waals surface area contributed by atoms with Gasteiger partial charge in [0.25, 0.3) is 5.89 Å². The largest absolute Gasteiger partial charge is 0.415 e. The van der Waals surface area contributed by atoms with Gasteiger partial charge < -0.3 is 4.42 Å². The first-order chi connectivity index (χ1) is 14.0. The first-order valence-corrected chi connectivity index (χ1v) is 10.8. The van der Waals surface area contributed by atoms with Gasteiger partial charge in [-0.2, -0.15) is 10.5 Å². The first kappa shape index (κ1) is 19.2. The van der Waals surface area contributed by atoms with Crippen molar-refractivity contribution >= 4 is 16.4 Å². The smallest absolute Gasteiger partial charge is 0.268 e. The summed E-state index contributed by atoms with van der Waals surface area (Å²) in [6, 6.07) is 18.0. The van der Waals surface area contributed by atoms with Gasteiger partial charge in [0.1, 0.15) is 5.69 Å². The van der Waals surface area contributed by atoms with Crippen LogP contribution >= 0.6 is 10.5 Å². The van der Waals surface area contributed by atoms with Crippen LogP contribution in [0.5, 0.6) is 0 Å². The quantitative estimate of drug-likeness (QED) is 0.404. The summed E-state index contributed by atoms with van der Waals surface area (Å²) in [7, 11) is -0.0224. The van der Waals surface area contributed by atoms with Crippen LogP contribution in [0.15, 0.2) is 70.1 Å². The molecule has 0 spiro atoms. The van der Waals surface area contributed by atoms with Crippen LogP contribution in [0, 0.1) is 6.92 Å². The highest BCUT2D eigenvalue weighted by Gasteiger charge is 2.16. The molecule has 0 bridgehead atoms. The van der Waals surface area contributed by atoms with Gasteiger partial charge >= 0.3 is 0 Å². The molecule has 0 fully saturated rings. The zero-order chi connectivity index (χ0) is 20.4. The Morgan fingerprint density at radius 1 is 0.897 bits per heavy atom. The topological polar surface area (TPSA) is 64.7 Å². The SMILES string of the molecule is C=S(c1ccc(-c2cnc(C)c(-c3nnc(-c4ccccc4)o3)n2)cc1)C(C)C. The molecule has 4 aromatic rings. The van der Waals surface area contributed by atoms with Gasteiger partial charge in [-0.15, -0.1) is 10.2 Å². The van der Waals surface area contributed by atoms with Crippen molar-refractivity contribution in [1.82, 2.24) is 20.2 Å². The van der Waals surface area contributed by atoms with Crippen LogP contribution in [0.3, 0.4) is 0 Å². The normalized spacial score (nSPS) is 12.3. The van der Waals surface area contributed by atoms with E-state index in [-0.39, 0.29) is 10.5 Å². The average molecular weight is 403 g/mol. The lowest BCUT2D eigenvalue weighted by molar-refractivity contribution is 0.581. The molecule has 0 amide bonds. The van der Waals surface area contributed by atoms with Crippen molar-refractivity contribution < 1.29 is 4.42 Å². The summed E-state index contributed by atoms with van der Waals surface area (Å²) in [5.41, 5.74) is 3.97. The molecule has 0 radical (unpaired) electrons. The van der Waals surface area contributed by atoms with Crippen LogP contribution in [0.25, 0.3) is 34.3 Å². The molecule has 0 saturated heterocycles. The molecule has 6 heteroatoms. The summed E-state index contributed by atoms with van der Waals surface area (Å²) in [4.78, 5) is 10.5.